The van der Waals surface area contributed by atoms with E-state index >= 15 is 0 Å². The third-order valence-corrected chi connectivity index (χ3v) is 2.79. The third-order valence-electron chi connectivity index (χ3n) is 2.79. The summed E-state index contributed by atoms with van der Waals surface area (Å²) >= 11 is 0. The molecule has 0 spiro atoms. The molecule has 2 rings (SSSR count). The molecule has 0 saturated carbocycles. The fraction of sp³-hybridized carbons (Fsp3) is 0.800. The van der Waals surface area contributed by atoms with Crippen molar-refractivity contribution in [2.45, 2.75) is 6.42 Å². The molecule has 0 aromatic rings. The second kappa shape index (κ2) is 4.61. The van der Waals surface area contributed by atoms with Gasteiger partial charge in [-0.15, -0.1) is 5.11 Å². The van der Waals surface area contributed by atoms with E-state index in [4.69, 9.17) is 0 Å². The molecule has 0 aromatic heterocycles. The Morgan fingerprint density at radius 1 is 1.27 bits per heavy atom. The van der Waals surface area contributed by atoms with E-state index in [1.807, 2.05) is 14.1 Å². The predicted molar refractivity (Wildman–Crippen MR) is 59.5 cm³/mol. The summed E-state index contributed by atoms with van der Waals surface area (Å²) in [5.41, 5.74) is 1.36. The molecule has 0 bridgehead atoms. The van der Waals surface area contributed by atoms with Crippen molar-refractivity contribution in [1.29, 1.82) is 0 Å². The molecule has 84 valence electrons. The highest BCUT2D eigenvalue weighted by atomic mass is 15.3. The number of hydrogen-bond acceptors (Lipinski definition) is 5. The number of rotatable bonds is 2. The highest BCUT2D eigenvalue weighted by Crippen LogP contribution is 2.21. The molecule has 0 unspecified atom stereocenters. The van der Waals surface area contributed by atoms with Crippen LogP contribution in [0.5, 0.6) is 0 Å². The summed E-state index contributed by atoms with van der Waals surface area (Å²) in [5.74, 6) is 1.03. The average molecular weight is 209 g/mol. The Balaban J connectivity index is 2.18. The number of piperazine rings is 1. The number of hydrogen-bond donors (Lipinski definition) is 1. The summed E-state index contributed by atoms with van der Waals surface area (Å²) in [6.07, 6.45) is 1.02. The fourth-order valence-corrected chi connectivity index (χ4v) is 2.02. The van der Waals surface area contributed by atoms with Gasteiger partial charge in [0, 0.05) is 46.7 Å². The highest BCUT2D eigenvalue weighted by molar-refractivity contribution is 5.13. The van der Waals surface area contributed by atoms with Crippen LogP contribution in [-0.4, -0.2) is 56.6 Å². The van der Waals surface area contributed by atoms with Gasteiger partial charge in [0.1, 0.15) is 0 Å². The molecule has 2 heterocycles. The first kappa shape index (κ1) is 10.4. The minimum absolute atomic E-state index is 0.830. The topological polar surface area (TPSA) is 43.2 Å². The van der Waals surface area contributed by atoms with Crippen molar-refractivity contribution in [2.75, 3.05) is 46.8 Å². The zero-order valence-electron chi connectivity index (χ0n) is 9.53. The molecule has 2 aliphatic heterocycles. The summed E-state index contributed by atoms with van der Waals surface area (Å²) in [4.78, 5) is 4.49. The molecule has 0 atom stereocenters. The molecule has 15 heavy (non-hydrogen) atoms. The highest BCUT2D eigenvalue weighted by Gasteiger charge is 2.20. The van der Waals surface area contributed by atoms with E-state index in [-0.39, 0.29) is 0 Å². The van der Waals surface area contributed by atoms with Crippen LogP contribution >= 0.6 is 0 Å². The zero-order chi connectivity index (χ0) is 10.7. The average Bonchev–Trinajstić information content (AvgIpc) is 2.30. The second-order valence-corrected chi connectivity index (χ2v) is 4.12. The van der Waals surface area contributed by atoms with Crippen molar-refractivity contribution in [1.82, 2.24) is 15.1 Å². The van der Waals surface area contributed by atoms with Crippen LogP contribution in [0.15, 0.2) is 21.7 Å². The molecular weight excluding hydrogens is 190 g/mol. The lowest BCUT2D eigenvalue weighted by molar-refractivity contribution is 0.273. The van der Waals surface area contributed by atoms with Crippen molar-refractivity contribution in [3.63, 3.8) is 0 Å². The maximum atomic E-state index is 4.25. The quantitative estimate of drug-likeness (QED) is 0.719. The molecule has 0 aromatic carbocycles. The van der Waals surface area contributed by atoms with Crippen molar-refractivity contribution in [3.8, 4) is 0 Å². The lowest BCUT2D eigenvalue weighted by Gasteiger charge is -2.34. The normalized spacial score (nSPS) is 22.1. The van der Waals surface area contributed by atoms with E-state index in [9.17, 15) is 0 Å². The Labute approximate surface area is 90.8 Å². The van der Waals surface area contributed by atoms with E-state index < -0.39 is 0 Å². The van der Waals surface area contributed by atoms with Crippen LogP contribution in [0, 0.1) is 0 Å². The Bertz CT molecular complexity index is 276. The molecule has 1 fully saturated rings. The van der Waals surface area contributed by atoms with Gasteiger partial charge >= 0.3 is 0 Å². The van der Waals surface area contributed by atoms with Crippen molar-refractivity contribution in [2.24, 2.45) is 10.2 Å². The van der Waals surface area contributed by atoms with Crippen LogP contribution in [0.2, 0.25) is 0 Å². The van der Waals surface area contributed by atoms with E-state index in [0.717, 1.165) is 45.0 Å². The van der Waals surface area contributed by atoms with Gasteiger partial charge in [-0.2, -0.15) is 5.11 Å². The fourth-order valence-electron chi connectivity index (χ4n) is 2.02. The van der Waals surface area contributed by atoms with Crippen LogP contribution < -0.4 is 5.32 Å². The van der Waals surface area contributed by atoms with Crippen LogP contribution in [0.1, 0.15) is 6.42 Å². The molecular formula is C10H19N5. The van der Waals surface area contributed by atoms with Crippen LogP contribution in [0.4, 0.5) is 0 Å². The number of nitrogens with zero attached hydrogens (tertiary/aromatic N) is 4. The van der Waals surface area contributed by atoms with Gasteiger partial charge in [0.05, 0.1) is 12.2 Å². The predicted octanol–water partition coefficient (Wildman–Crippen LogP) is 0.478. The van der Waals surface area contributed by atoms with Crippen molar-refractivity contribution in [3.05, 3.63) is 11.5 Å². The Morgan fingerprint density at radius 3 is 2.67 bits per heavy atom. The molecule has 5 heteroatoms. The largest absolute Gasteiger partial charge is 0.369 e. The van der Waals surface area contributed by atoms with Gasteiger partial charge in [0.2, 0.25) is 0 Å². The molecule has 0 aliphatic carbocycles. The summed E-state index contributed by atoms with van der Waals surface area (Å²) in [7, 11) is 4.06. The van der Waals surface area contributed by atoms with Gasteiger partial charge in [-0.3, -0.25) is 0 Å². The molecule has 0 amide bonds. The lowest BCUT2D eigenvalue weighted by atomic mass is 10.2. The maximum absolute atomic E-state index is 4.25. The minimum atomic E-state index is 0.830. The number of nitrogens with one attached hydrogen (secondary N) is 1. The van der Waals surface area contributed by atoms with Crippen LogP contribution in [0.25, 0.3) is 0 Å². The number of azo groups is 1. The van der Waals surface area contributed by atoms with Gasteiger partial charge in [-0.05, 0) is 0 Å². The smallest absolute Gasteiger partial charge is 0.169 e. The van der Waals surface area contributed by atoms with Crippen LogP contribution in [0.3, 0.4) is 0 Å². The summed E-state index contributed by atoms with van der Waals surface area (Å²) < 4.78 is 0. The van der Waals surface area contributed by atoms with E-state index in [1.54, 1.807) is 0 Å². The van der Waals surface area contributed by atoms with Crippen LogP contribution in [-0.2, 0) is 0 Å². The van der Waals surface area contributed by atoms with Crippen molar-refractivity contribution < 1.29 is 0 Å². The molecule has 1 N–H and O–H groups in total. The van der Waals surface area contributed by atoms with Gasteiger partial charge in [0.25, 0.3) is 0 Å². The molecule has 5 nitrogen and oxygen atoms in total. The molecule has 1 saturated heterocycles. The van der Waals surface area contributed by atoms with E-state index in [2.05, 4.69) is 25.3 Å². The van der Waals surface area contributed by atoms with Gasteiger partial charge in [-0.1, -0.05) is 0 Å². The lowest BCUT2D eigenvalue weighted by Crippen LogP contribution is -2.44. The molecule has 2 aliphatic rings. The monoisotopic (exact) mass is 209 g/mol. The van der Waals surface area contributed by atoms with Gasteiger partial charge in [-0.25, -0.2) is 0 Å². The summed E-state index contributed by atoms with van der Waals surface area (Å²) in [6.45, 7) is 5.14. The Kier molecular flexibility index (Phi) is 3.20. The maximum Gasteiger partial charge on any atom is 0.169 e. The zero-order valence-corrected chi connectivity index (χ0v) is 9.53. The Morgan fingerprint density at radius 2 is 2.00 bits per heavy atom. The van der Waals surface area contributed by atoms with E-state index in [1.165, 1.54) is 5.70 Å². The summed E-state index contributed by atoms with van der Waals surface area (Å²) in [5, 5.41) is 11.7. The van der Waals surface area contributed by atoms with Gasteiger partial charge < -0.3 is 15.1 Å². The first-order chi connectivity index (χ1) is 7.29. The standard InChI is InChI=1S/C10H19N5/c1-14(2)10-9(3-4-12-13-10)15-7-5-11-6-8-15/h11H,3-8H2,1-2H3. The second-order valence-electron chi connectivity index (χ2n) is 4.12. The first-order valence-electron chi connectivity index (χ1n) is 5.52. The van der Waals surface area contributed by atoms with Gasteiger partial charge in [0.15, 0.2) is 5.82 Å². The molecule has 0 radical (unpaired) electrons. The summed E-state index contributed by atoms with van der Waals surface area (Å²) in [6, 6.07) is 0. The SMILES string of the molecule is CN(C)C1=C(N2CCNCC2)CCN=N1. The minimum Gasteiger partial charge on any atom is -0.369 e. The first-order valence-corrected chi connectivity index (χ1v) is 5.52. The van der Waals surface area contributed by atoms with E-state index in [0.29, 0.717) is 0 Å². The van der Waals surface area contributed by atoms with Crippen molar-refractivity contribution >= 4 is 0 Å². The third kappa shape index (κ3) is 2.28. The Hall–Kier alpha value is -1.10.